The third-order valence-electron chi connectivity index (χ3n) is 4.66. The van der Waals surface area contributed by atoms with Gasteiger partial charge in [0.25, 0.3) is 10.2 Å². The molecule has 1 fully saturated rings. The first kappa shape index (κ1) is 21.6. The third kappa shape index (κ3) is 5.51. The van der Waals surface area contributed by atoms with Crippen molar-refractivity contribution in [2.45, 2.75) is 17.9 Å². The van der Waals surface area contributed by atoms with E-state index in [1.807, 2.05) is 36.6 Å². The number of carbonyl (C=O) groups is 1. The van der Waals surface area contributed by atoms with E-state index in [2.05, 4.69) is 5.32 Å². The molecule has 156 valence electrons. The van der Waals surface area contributed by atoms with Crippen LogP contribution in [0.2, 0.25) is 0 Å². The fourth-order valence-corrected chi connectivity index (χ4v) is 5.23. The van der Waals surface area contributed by atoms with Crippen LogP contribution >= 0.6 is 11.8 Å². The molecule has 1 N–H and O–H groups in total. The molecule has 29 heavy (non-hydrogen) atoms. The molecule has 0 aromatic heterocycles. The SMILES string of the molecule is COc1ccc(CN2CCCN(CC(=O)Nc3cccc(SC)c3)S2(=O)=O)cc1. The first-order valence-electron chi connectivity index (χ1n) is 9.24. The van der Waals surface area contributed by atoms with Crippen LogP contribution in [0.25, 0.3) is 0 Å². The number of carbonyl (C=O) groups excluding carboxylic acids is 1. The van der Waals surface area contributed by atoms with Crippen LogP contribution in [0.1, 0.15) is 12.0 Å². The summed E-state index contributed by atoms with van der Waals surface area (Å²) in [6.07, 6.45) is 2.63. The Morgan fingerprint density at radius 1 is 1.14 bits per heavy atom. The lowest BCUT2D eigenvalue weighted by molar-refractivity contribution is -0.116. The normalized spacial score (nSPS) is 17.0. The largest absolute Gasteiger partial charge is 0.497 e. The summed E-state index contributed by atoms with van der Waals surface area (Å²) >= 11 is 1.58. The fourth-order valence-electron chi connectivity index (χ4n) is 3.13. The lowest BCUT2D eigenvalue weighted by Gasteiger charge is -2.34. The second-order valence-corrected chi connectivity index (χ2v) is 9.46. The summed E-state index contributed by atoms with van der Waals surface area (Å²) < 4.78 is 33.7. The number of ether oxygens (including phenoxy) is 1. The summed E-state index contributed by atoms with van der Waals surface area (Å²) in [7, 11) is -2.12. The molecule has 1 amide bonds. The number of rotatable bonds is 7. The minimum Gasteiger partial charge on any atom is -0.497 e. The van der Waals surface area contributed by atoms with E-state index < -0.39 is 10.2 Å². The zero-order valence-corrected chi connectivity index (χ0v) is 18.1. The molecule has 9 heteroatoms. The van der Waals surface area contributed by atoms with Crippen LogP contribution in [0, 0.1) is 0 Å². The van der Waals surface area contributed by atoms with Crippen LogP contribution in [0.15, 0.2) is 53.4 Å². The smallest absolute Gasteiger partial charge is 0.282 e. The van der Waals surface area contributed by atoms with Crippen molar-refractivity contribution in [3.8, 4) is 5.75 Å². The van der Waals surface area contributed by atoms with E-state index in [1.165, 1.54) is 8.61 Å². The Bertz CT molecular complexity index is 948. The van der Waals surface area contributed by atoms with Gasteiger partial charge in [0.15, 0.2) is 0 Å². The third-order valence-corrected chi connectivity index (χ3v) is 7.31. The van der Waals surface area contributed by atoms with E-state index in [4.69, 9.17) is 4.74 Å². The van der Waals surface area contributed by atoms with Crippen molar-refractivity contribution >= 4 is 33.6 Å². The maximum Gasteiger partial charge on any atom is 0.282 e. The average Bonchev–Trinajstić information content (AvgIpc) is 2.72. The standard InChI is InChI=1S/C20H25N3O4S2/c1-27-18-9-7-16(8-10-18)14-22-11-4-12-23(29(22,25)26)15-20(24)21-17-5-3-6-19(13-17)28-2/h3,5-10,13H,4,11-12,14-15H2,1-2H3,(H,21,24). The van der Waals surface area contributed by atoms with Crippen molar-refractivity contribution in [2.24, 2.45) is 0 Å². The van der Waals surface area contributed by atoms with E-state index in [0.717, 1.165) is 16.2 Å². The summed E-state index contributed by atoms with van der Waals surface area (Å²) in [6, 6.07) is 14.8. The maximum atomic E-state index is 13.0. The molecule has 1 saturated heterocycles. The fraction of sp³-hybridized carbons (Fsp3) is 0.350. The highest BCUT2D eigenvalue weighted by Gasteiger charge is 2.34. The minimum absolute atomic E-state index is 0.203. The molecule has 0 saturated carbocycles. The zero-order valence-electron chi connectivity index (χ0n) is 16.5. The van der Waals surface area contributed by atoms with Crippen LogP contribution in [-0.2, 0) is 21.5 Å². The predicted octanol–water partition coefficient (Wildman–Crippen LogP) is 2.81. The van der Waals surface area contributed by atoms with Gasteiger partial charge < -0.3 is 10.1 Å². The number of thioether (sulfide) groups is 1. The van der Waals surface area contributed by atoms with Gasteiger partial charge in [0.1, 0.15) is 5.75 Å². The van der Waals surface area contributed by atoms with Crippen molar-refractivity contribution in [2.75, 3.05) is 38.3 Å². The Labute approximate surface area is 176 Å². The zero-order chi connectivity index (χ0) is 20.9. The summed E-state index contributed by atoms with van der Waals surface area (Å²) in [6.45, 7) is 0.827. The number of benzene rings is 2. The van der Waals surface area contributed by atoms with Crippen LogP contribution < -0.4 is 10.1 Å². The van der Waals surface area contributed by atoms with E-state index in [1.54, 1.807) is 37.1 Å². The first-order valence-corrected chi connectivity index (χ1v) is 11.9. The molecule has 0 aliphatic carbocycles. The quantitative estimate of drug-likeness (QED) is 0.677. The average molecular weight is 436 g/mol. The number of anilines is 1. The Hall–Kier alpha value is -2.07. The van der Waals surface area contributed by atoms with Crippen molar-refractivity contribution in [3.63, 3.8) is 0 Å². The molecule has 0 radical (unpaired) electrons. The molecule has 2 aromatic rings. The van der Waals surface area contributed by atoms with Crippen LogP contribution in [0.3, 0.4) is 0 Å². The van der Waals surface area contributed by atoms with Gasteiger partial charge in [0, 0.05) is 30.2 Å². The Kier molecular flexibility index (Phi) is 7.18. The molecule has 7 nitrogen and oxygen atoms in total. The molecule has 0 bridgehead atoms. The highest BCUT2D eigenvalue weighted by Crippen LogP contribution is 2.22. The van der Waals surface area contributed by atoms with Crippen LogP contribution in [0.5, 0.6) is 5.75 Å². The maximum absolute atomic E-state index is 13.0. The Balaban J connectivity index is 1.65. The number of amides is 1. The van der Waals surface area contributed by atoms with Crippen LogP contribution in [0.4, 0.5) is 5.69 Å². The number of hydrogen-bond acceptors (Lipinski definition) is 5. The Morgan fingerprint density at radius 2 is 1.86 bits per heavy atom. The summed E-state index contributed by atoms with van der Waals surface area (Å²) in [4.78, 5) is 13.5. The summed E-state index contributed by atoms with van der Waals surface area (Å²) in [5.41, 5.74) is 1.53. The molecular weight excluding hydrogens is 410 g/mol. The molecule has 0 spiro atoms. The number of nitrogens with one attached hydrogen (secondary N) is 1. The monoisotopic (exact) mass is 435 g/mol. The van der Waals surface area contributed by atoms with Gasteiger partial charge in [-0.1, -0.05) is 18.2 Å². The molecule has 0 unspecified atom stereocenters. The topological polar surface area (TPSA) is 79.0 Å². The van der Waals surface area contributed by atoms with Gasteiger partial charge in [-0.25, -0.2) is 0 Å². The Morgan fingerprint density at radius 3 is 2.55 bits per heavy atom. The molecule has 1 aliphatic rings. The molecule has 3 rings (SSSR count). The second-order valence-electron chi connectivity index (χ2n) is 6.66. The van der Waals surface area contributed by atoms with E-state index in [9.17, 15) is 13.2 Å². The van der Waals surface area contributed by atoms with Crippen molar-refractivity contribution in [3.05, 3.63) is 54.1 Å². The predicted molar refractivity (Wildman–Crippen MR) is 115 cm³/mol. The highest BCUT2D eigenvalue weighted by molar-refractivity contribution is 7.98. The van der Waals surface area contributed by atoms with Gasteiger partial charge in [-0.15, -0.1) is 11.8 Å². The minimum atomic E-state index is -3.71. The van der Waals surface area contributed by atoms with E-state index >= 15 is 0 Å². The lowest BCUT2D eigenvalue weighted by atomic mass is 10.2. The van der Waals surface area contributed by atoms with Gasteiger partial charge in [-0.2, -0.15) is 17.0 Å². The van der Waals surface area contributed by atoms with Gasteiger partial charge in [0.2, 0.25) is 5.91 Å². The highest BCUT2D eigenvalue weighted by atomic mass is 32.2. The summed E-state index contributed by atoms with van der Waals surface area (Å²) in [5, 5.41) is 2.79. The van der Waals surface area contributed by atoms with E-state index in [-0.39, 0.29) is 19.0 Å². The van der Waals surface area contributed by atoms with Crippen molar-refractivity contribution in [1.29, 1.82) is 0 Å². The molecule has 1 aliphatic heterocycles. The van der Waals surface area contributed by atoms with E-state index in [0.29, 0.717) is 25.2 Å². The summed E-state index contributed by atoms with van der Waals surface area (Å²) in [5.74, 6) is 0.372. The number of methoxy groups -OCH3 is 1. The van der Waals surface area contributed by atoms with Gasteiger partial charge >= 0.3 is 0 Å². The molecule has 1 heterocycles. The lowest BCUT2D eigenvalue weighted by Crippen LogP contribution is -2.51. The molecule has 2 aromatic carbocycles. The van der Waals surface area contributed by atoms with Gasteiger partial charge in [0.05, 0.1) is 13.7 Å². The number of hydrogen-bond donors (Lipinski definition) is 1. The van der Waals surface area contributed by atoms with Gasteiger partial charge in [-0.05, 0) is 48.6 Å². The van der Waals surface area contributed by atoms with Crippen molar-refractivity contribution in [1.82, 2.24) is 8.61 Å². The van der Waals surface area contributed by atoms with Gasteiger partial charge in [-0.3, -0.25) is 4.79 Å². The molecule has 0 atom stereocenters. The van der Waals surface area contributed by atoms with Crippen molar-refractivity contribution < 1.29 is 17.9 Å². The first-order chi connectivity index (χ1) is 13.9. The van der Waals surface area contributed by atoms with Crippen LogP contribution in [-0.4, -0.2) is 55.9 Å². The molecular formula is C20H25N3O4S2. The second kappa shape index (κ2) is 9.62. The number of nitrogens with zero attached hydrogens (tertiary/aromatic N) is 2.